The Kier molecular flexibility index (Phi) is 16.7. The molecule has 0 saturated carbocycles. The molecule has 0 radical (unpaired) electrons. The van der Waals surface area contributed by atoms with Gasteiger partial charge in [0, 0.05) is 6.42 Å². The molecule has 0 saturated heterocycles. The Hall–Kier alpha value is -0.250. The van der Waals surface area contributed by atoms with Gasteiger partial charge in [-0.3, -0.25) is 4.79 Å². The van der Waals surface area contributed by atoms with Gasteiger partial charge in [-0.1, -0.05) is 88.7 Å². The van der Waals surface area contributed by atoms with Gasteiger partial charge < -0.3 is 4.74 Å². The zero-order valence-electron chi connectivity index (χ0n) is 16.7. The van der Waals surface area contributed by atoms with Gasteiger partial charge in [-0.15, -0.1) is 11.8 Å². The van der Waals surface area contributed by atoms with E-state index in [2.05, 4.69) is 17.7 Å². The Balaban J connectivity index is 3.69. The first kappa shape index (κ1) is 25.8. The number of nitriles is 1. The van der Waals surface area contributed by atoms with Gasteiger partial charge in [0.2, 0.25) is 0 Å². The molecule has 1 atom stereocenters. The van der Waals surface area contributed by atoms with Crippen molar-refractivity contribution >= 4 is 45.2 Å². The number of rotatable bonds is 15. The predicted octanol–water partition coefficient (Wildman–Crippen LogP) is 6.89. The van der Waals surface area contributed by atoms with Crippen LogP contribution in [-0.2, 0) is 9.53 Å². The fourth-order valence-corrected chi connectivity index (χ4v) is 5.50. The highest BCUT2D eigenvalue weighted by atomic mass is 32.2. The Morgan fingerprint density at radius 3 is 2.12 bits per heavy atom. The van der Waals surface area contributed by atoms with E-state index in [4.69, 9.17) is 12.2 Å². The number of hydrogen-bond donors (Lipinski definition) is 0. The Morgan fingerprint density at radius 2 is 1.62 bits per heavy atom. The summed E-state index contributed by atoms with van der Waals surface area (Å²) in [6.07, 6.45) is 14.0. The fourth-order valence-electron chi connectivity index (χ4n) is 2.53. The number of ether oxygens (including phenoxy) is 1. The molecule has 26 heavy (non-hydrogen) atoms. The minimum atomic E-state index is -0.657. The second-order valence-corrected chi connectivity index (χ2v) is 10.6. The lowest BCUT2D eigenvalue weighted by molar-refractivity contribution is -0.140. The van der Waals surface area contributed by atoms with E-state index in [-0.39, 0.29) is 12.4 Å². The van der Waals surface area contributed by atoms with Crippen molar-refractivity contribution in [1.82, 2.24) is 0 Å². The number of hydrogen-bond acceptors (Lipinski definition) is 6. The van der Waals surface area contributed by atoms with Crippen LogP contribution in [0.3, 0.4) is 0 Å². The summed E-state index contributed by atoms with van der Waals surface area (Å²) in [4.78, 5) is 11.3. The maximum atomic E-state index is 11.3. The van der Waals surface area contributed by atoms with Crippen molar-refractivity contribution in [1.29, 1.82) is 5.26 Å². The first-order valence-corrected chi connectivity index (χ1v) is 12.0. The Labute approximate surface area is 174 Å². The topological polar surface area (TPSA) is 50.1 Å². The van der Waals surface area contributed by atoms with Gasteiger partial charge in [0.25, 0.3) is 0 Å². The molecule has 0 aliphatic carbocycles. The molecule has 0 aromatic heterocycles. The number of esters is 1. The zero-order chi connectivity index (χ0) is 19.7. The third-order valence-electron chi connectivity index (χ3n) is 4.30. The lowest BCUT2D eigenvalue weighted by Gasteiger charge is -2.20. The highest BCUT2D eigenvalue weighted by Crippen LogP contribution is 2.34. The molecule has 0 spiro atoms. The molecule has 0 aliphatic heterocycles. The van der Waals surface area contributed by atoms with E-state index in [1.807, 2.05) is 6.92 Å². The molecule has 0 aromatic rings. The van der Waals surface area contributed by atoms with Crippen molar-refractivity contribution in [3.8, 4) is 6.07 Å². The summed E-state index contributed by atoms with van der Waals surface area (Å²) in [6.45, 7) is 4.10. The molecular weight excluding hydrogens is 382 g/mol. The number of thioether (sulfide) groups is 2. The minimum absolute atomic E-state index is 0.249. The van der Waals surface area contributed by atoms with Crippen LogP contribution < -0.4 is 0 Å². The Morgan fingerprint density at radius 1 is 1.08 bits per heavy atom. The summed E-state index contributed by atoms with van der Waals surface area (Å²) in [5, 5.41) is 9.39. The van der Waals surface area contributed by atoms with E-state index < -0.39 is 4.75 Å². The van der Waals surface area contributed by atoms with Gasteiger partial charge in [0.1, 0.15) is 8.28 Å². The van der Waals surface area contributed by atoms with Crippen LogP contribution in [0.2, 0.25) is 0 Å². The molecule has 0 aromatic carbocycles. The maximum absolute atomic E-state index is 11.3. The monoisotopic (exact) mass is 417 g/mol. The zero-order valence-corrected chi connectivity index (χ0v) is 19.1. The number of methoxy groups -OCH3 is 1. The van der Waals surface area contributed by atoms with E-state index in [9.17, 15) is 10.1 Å². The quantitative estimate of drug-likeness (QED) is 0.164. The van der Waals surface area contributed by atoms with Crippen molar-refractivity contribution in [2.45, 2.75) is 95.6 Å². The summed E-state index contributed by atoms with van der Waals surface area (Å²) in [5.74, 6) is 0.733. The molecular formula is C20H35NO2S3. The predicted molar refractivity (Wildman–Crippen MR) is 120 cm³/mol. The maximum Gasteiger partial charge on any atom is 0.305 e. The van der Waals surface area contributed by atoms with E-state index in [1.165, 1.54) is 83.1 Å². The fraction of sp³-hybridized carbons (Fsp3) is 0.850. The number of carbonyl (C=O) groups is 1. The first-order chi connectivity index (χ1) is 12.5. The molecule has 1 unspecified atom stereocenters. The molecule has 150 valence electrons. The van der Waals surface area contributed by atoms with E-state index in [0.29, 0.717) is 6.42 Å². The molecule has 0 N–H and O–H groups in total. The molecule has 0 bridgehead atoms. The summed E-state index contributed by atoms with van der Waals surface area (Å²) in [7, 11) is 1.37. The number of carbonyl (C=O) groups excluding carboxylic acids is 1. The molecule has 0 rings (SSSR count). The summed E-state index contributed by atoms with van der Waals surface area (Å²) in [5.41, 5.74) is 0. The normalized spacial score (nSPS) is 13.0. The molecule has 3 nitrogen and oxygen atoms in total. The number of unbranched alkanes of at least 4 members (excludes halogenated alkanes) is 9. The van der Waals surface area contributed by atoms with Crippen molar-refractivity contribution in [3.63, 3.8) is 0 Å². The van der Waals surface area contributed by atoms with Crippen LogP contribution >= 0.6 is 35.7 Å². The average Bonchev–Trinajstić information content (AvgIpc) is 2.64. The third kappa shape index (κ3) is 14.9. The van der Waals surface area contributed by atoms with E-state index in [1.54, 1.807) is 11.8 Å². The van der Waals surface area contributed by atoms with Crippen LogP contribution in [-0.4, -0.2) is 27.1 Å². The van der Waals surface area contributed by atoms with Crippen LogP contribution in [0.25, 0.3) is 0 Å². The van der Waals surface area contributed by atoms with Crippen LogP contribution in [0.1, 0.15) is 90.9 Å². The molecule has 0 fully saturated rings. The first-order valence-electron chi connectivity index (χ1n) is 9.81. The summed E-state index contributed by atoms with van der Waals surface area (Å²) >= 11 is 8.47. The van der Waals surface area contributed by atoms with Crippen molar-refractivity contribution in [2.24, 2.45) is 0 Å². The van der Waals surface area contributed by atoms with Crippen LogP contribution in [0, 0.1) is 11.3 Å². The van der Waals surface area contributed by atoms with E-state index in [0.717, 1.165) is 9.28 Å². The standard InChI is InChI=1S/C20H35NO2S3/c1-4-5-6-7-8-9-10-11-12-13-16-25-19(24)26-20(2,17-21)15-14-18(22)23-3/h4-16H2,1-3H3. The van der Waals surface area contributed by atoms with E-state index >= 15 is 0 Å². The SMILES string of the molecule is CCCCCCCCCCCCSC(=S)SC(C)(C#N)CCC(=O)OC. The molecule has 0 amide bonds. The molecule has 0 aliphatic rings. The van der Waals surface area contributed by atoms with Crippen LogP contribution in [0.4, 0.5) is 0 Å². The van der Waals surface area contributed by atoms with Gasteiger partial charge in [-0.2, -0.15) is 5.26 Å². The minimum Gasteiger partial charge on any atom is -0.469 e. The van der Waals surface area contributed by atoms with Gasteiger partial charge in [0.15, 0.2) is 0 Å². The summed E-state index contributed by atoms with van der Waals surface area (Å²) in [6, 6.07) is 2.29. The summed E-state index contributed by atoms with van der Waals surface area (Å²) < 4.78 is 4.79. The lowest BCUT2D eigenvalue weighted by Crippen LogP contribution is -2.20. The largest absolute Gasteiger partial charge is 0.469 e. The van der Waals surface area contributed by atoms with Crippen molar-refractivity contribution in [2.75, 3.05) is 12.9 Å². The van der Waals surface area contributed by atoms with Gasteiger partial charge >= 0.3 is 5.97 Å². The molecule has 6 heteroatoms. The Bertz CT molecular complexity index is 437. The van der Waals surface area contributed by atoms with Gasteiger partial charge in [0.05, 0.1) is 13.2 Å². The smallest absolute Gasteiger partial charge is 0.305 e. The lowest BCUT2D eigenvalue weighted by atomic mass is 10.1. The highest BCUT2D eigenvalue weighted by molar-refractivity contribution is 8.47. The third-order valence-corrected chi connectivity index (χ3v) is 7.14. The average molecular weight is 418 g/mol. The molecule has 0 heterocycles. The van der Waals surface area contributed by atoms with Crippen molar-refractivity contribution in [3.05, 3.63) is 0 Å². The second-order valence-electron chi connectivity index (χ2n) is 6.80. The second kappa shape index (κ2) is 16.9. The number of thiocarbonyl (C=S) groups is 1. The van der Waals surface area contributed by atoms with Crippen LogP contribution in [0.15, 0.2) is 0 Å². The number of nitrogens with zero attached hydrogens (tertiary/aromatic N) is 1. The van der Waals surface area contributed by atoms with Crippen LogP contribution in [0.5, 0.6) is 0 Å². The van der Waals surface area contributed by atoms with Crippen molar-refractivity contribution < 1.29 is 9.53 Å². The van der Waals surface area contributed by atoms with Gasteiger partial charge in [-0.05, 0) is 25.5 Å². The highest BCUT2D eigenvalue weighted by Gasteiger charge is 2.27. The van der Waals surface area contributed by atoms with Gasteiger partial charge in [-0.25, -0.2) is 0 Å².